The minimum atomic E-state index is -0.880. The van der Waals surface area contributed by atoms with E-state index in [1.165, 1.54) is 0 Å². The van der Waals surface area contributed by atoms with Gasteiger partial charge in [0.15, 0.2) is 12.1 Å². The number of ether oxygens (including phenoxy) is 5. The third-order valence-corrected chi connectivity index (χ3v) is 7.76. The molecule has 41 heavy (non-hydrogen) atoms. The lowest BCUT2D eigenvalue weighted by Crippen LogP contribution is -2.48. The normalized spacial score (nSPS) is 24.2. The second-order valence-electron chi connectivity index (χ2n) is 11.1. The fourth-order valence-corrected chi connectivity index (χ4v) is 5.91. The van der Waals surface area contributed by atoms with E-state index in [0.717, 1.165) is 22.3 Å². The minimum absolute atomic E-state index is 0.210. The molecule has 4 aromatic rings. The molecule has 6 nitrogen and oxygen atoms in total. The highest BCUT2D eigenvalue weighted by Gasteiger charge is 2.57. The third-order valence-electron chi connectivity index (χ3n) is 7.76. The molecule has 2 aliphatic heterocycles. The van der Waals surface area contributed by atoms with Crippen LogP contribution in [0.15, 0.2) is 121 Å². The summed E-state index contributed by atoms with van der Waals surface area (Å²) in [5.74, 6) is -0.770. The van der Waals surface area contributed by atoms with Crippen LogP contribution in [-0.4, -0.2) is 43.0 Å². The molecule has 2 N–H and O–H groups in total. The van der Waals surface area contributed by atoms with Gasteiger partial charge in [0.1, 0.15) is 23.9 Å². The predicted octanol–water partition coefficient (Wildman–Crippen LogP) is 5.78. The Kier molecular flexibility index (Phi) is 8.04. The number of hydrogen-bond acceptors (Lipinski definition) is 6. The van der Waals surface area contributed by atoms with Crippen molar-refractivity contribution in [2.75, 3.05) is 6.61 Å². The Morgan fingerprint density at radius 1 is 0.707 bits per heavy atom. The first kappa shape index (κ1) is 27.8. The van der Waals surface area contributed by atoms with Gasteiger partial charge in [-0.1, -0.05) is 121 Å². The Bertz CT molecular complexity index is 1290. The molecular weight excluding hydrogens is 514 g/mol. The molecule has 2 aliphatic rings. The highest BCUT2D eigenvalue weighted by Crippen LogP contribution is 2.43. The summed E-state index contributed by atoms with van der Waals surface area (Å²) in [5.41, 5.74) is 10.1. The summed E-state index contributed by atoms with van der Waals surface area (Å²) >= 11 is 0. The topological polar surface area (TPSA) is 72.2 Å². The van der Waals surface area contributed by atoms with Gasteiger partial charge in [-0.2, -0.15) is 0 Å². The zero-order chi connectivity index (χ0) is 28.3. The molecule has 0 saturated carbocycles. The van der Waals surface area contributed by atoms with Crippen LogP contribution < -0.4 is 5.73 Å². The summed E-state index contributed by atoms with van der Waals surface area (Å²) in [5, 5.41) is 0. The lowest BCUT2D eigenvalue weighted by molar-refractivity contribution is -0.239. The summed E-state index contributed by atoms with van der Waals surface area (Å²) in [6, 6.07) is 40.3. The van der Waals surface area contributed by atoms with Crippen molar-refractivity contribution in [3.05, 3.63) is 144 Å². The van der Waals surface area contributed by atoms with Crippen LogP contribution in [0.5, 0.6) is 0 Å². The maximum absolute atomic E-state index is 6.98. The second-order valence-corrected chi connectivity index (χ2v) is 11.1. The molecule has 0 unspecified atom stereocenters. The molecule has 5 atom stereocenters. The van der Waals surface area contributed by atoms with Crippen LogP contribution in [0.3, 0.4) is 0 Å². The van der Waals surface area contributed by atoms with Crippen LogP contribution in [0.25, 0.3) is 0 Å². The van der Waals surface area contributed by atoms with Crippen molar-refractivity contribution in [2.45, 2.75) is 62.5 Å². The van der Waals surface area contributed by atoms with Crippen LogP contribution in [0.4, 0.5) is 0 Å². The van der Waals surface area contributed by atoms with E-state index >= 15 is 0 Å². The van der Waals surface area contributed by atoms with Gasteiger partial charge in [0.05, 0.1) is 19.3 Å². The summed E-state index contributed by atoms with van der Waals surface area (Å²) in [4.78, 5) is 0. The Morgan fingerprint density at radius 3 is 1.68 bits per heavy atom. The maximum Gasteiger partial charge on any atom is 0.187 e. The number of hydrogen-bond donors (Lipinski definition) is 1. The van der Waals surface area contributed by atoms with Crippen molar-refractivity contribution in [2.24, 2.45) is 5.73 Å². The molecule has 0 spiro atoms. The average Bonchev–Trinajstić information content (AvgIpc) is 3.51. The van der Waals surface area contributed by atoms with E-state index in [1.807, 2.05) is 98.8 Å². The monoisotopic (exact) mass is 551 g/mol. The van der Waals surface area contributed by atoms with Crippen LogP contribution in [0, 0.1) is 0 Å². The molecule has 212 valence electrons. The first-order chi connectivity index (χ1) is 20.0. The summed E-state index contributed by atoms with van der Waals surface area (Å²) < 4.78 is 32.2. The van der Waals surface area contributed by atoms with Crippen LogP contribution >= 0.6 is 0 Å². The predicted molar refractivity (Wildman–Crippen MR) is 157 cm³/mol. The average molecular weight is 552 g/mol. The second kappa shape index (κ2) is 11.9. The van der Waals surface area contributed by atoms with E-state index in [4.69, 9.17) is 29.4 Å². The molecule has 0 radical (unpaired) electrons. The van der Waals surface area contributed by atoms with Gasteiger partial charge < -0.3 is 29.4 Å². The number of nitrogens with two attached hydrogens (primary N) is 1. The first-order valence-corrected chi connectivity index (χ1v) is 14.2. The van der Waals surface area contributed by atoms with Crippen LogP contribution in [0.2, 0.25) is 0 Å². The van der Waals surface area contributed by atoms with Crippen LogP contribution in [-0.2, 0) is 35.9 Å². The number of rotatable bonds is 10. The molecule has 2 fully saturated rings. The lowest BCUT2D eigenvalue weighted by Gasteiger charge is -2.37. The quantitative estimate of drug-likeness (QED) is 0.252. The summed E-state index contributed by atoms with van der Waals surface area (Å²) in [7, 11) is 0. The van der Waals surface area contributed by atoms with Gasteiger partial charge in [-0.05, 0) is 36.1 Å². The van der Waals surface area contributed by atoms with E-state index in [-0.39, 0.29) is 12.7 Å². The van der Waals surface area contributed by atoms with Gasteiger partial charge in [0, 0.05) is 0 Å². The van der Waals surface area contributed by atoms with Gasteiger partial charge in [-0.3, -0.25) is 0 Å². The van der Waals surface area contributed by atoms with Crippen LogP contribution in [0.1, 0.15) is 36.1 Å². The van der Waals surface area contributed by atoms with Gasteiger partial charge in [-0.25, -0.2) is 0 Å². The fourth-order valence-electron chi connectivity index (χ4n) is 5.91. The summed E-state index contributed by atoms with van der Waals surface area (Å²) in [6.07, 6.45) is -1.88. The van der Waals surface area contributed by atoms with Crippen molar-refractivity contribution >= 4 is 0 Å². The molecule has 4 aromatic carbocycles. The van der Waals surface area contributed by atoms with Gasteiger partial charge in [0.2, 0.25) is 0 Å². The number of fused-ring (bicyclic) bond motifs is 1. The summed E-state index contributed by atoms with van der Waals surface area (Å²) in [6.45, 7) is 4.42. The SMILES string of the molecule is CC1(C)O[C@@H]2[C@H]([C@H](N)COC(c3ccccc3)(c3ccccc3)c3ccccc3)O[C@H](OCc3ccccc3)[C@@H]2O1. The molecule has 0 bridgehead atoms. The largest absolute Gasteiger partial charge is 0.359 e. The zero-order valence-corrected chi connectivity index (χ0v) is 23.5. The molecular formula is C35H37NO5. The van der Waals surface area contributed by atoms with E-state index in [1.54, 1.807) is 0 Å². The Hall–Kier alpha value is -3.36. The van der Waals surface area contributed by atoms with Gasteiger partial charge >= 0.3 is 0 Å². The minimum Gasteiger partial charge on any atom is -0.359 e. The molecule has 2 heterocycles. The Labute approximate surface area is 242 Å². The molecule has 6 heteroatoms. The Morgan fingerprint density at radius 2 is 1.17 bits per heavy atom. The van der Waals surface area contributed by atoms with E-state index in [2.05, 4.69) is 36.4 Å². The van der Waals surface area contributed by atoms with E-state index in [0.29, 0.717) is 6.61 Å². The highest BCUT2D eigenvalue weighted by atomic mass is 16.8. The Balaban J connectivity index is 1.28. The fraction of sp³-hybridized carbons (Fsp3) is 0.314. The van der Waals surface area contributed by atoms with Crippen molar-refractivity contribution in [3.63, 3.8) is 0 Å². The molecule has 0 amide bonds. The van der Waals surface area contributed by atoms with E-state index < -0.39 is 35.9 Å². The number of benzene rings is 4. The van der Waals surface area contributed by atoms with Crippen molar-refractivity contribution in [1.82, 2.24) is 0 Å². The maximum atomic E-state index is 6.98. The first-order valence-electron chi connectivity index (χ1n) is 14.2. The van der Waals surface area contributed by atoms with E-state index in [9.17, 15) is 0 Å². The van der Waals surface area contributed by atoms with Gasteiger partial charge in [-0.15, -0.1) is 0 Å². The molecule has 0 aromatic heterocycles. The lowest BCUT2D eigenvalue weighted by atomic mass is 9.80. The van der Waals surface area contributed by atoms with Gasteiger partial charge in [0.25, 0.3) is 0 Å². The van der Waals surface area contributed by atoms with Crippen molar-refractivity contribution < 1.29 is 23.7 Å². The standard InChI is InChI=1S/C35H37NO5/c1-34(2)40-31-30(39-33(32(31)41-34)37-23-25-15-7-3-8-16-25)29(36)24-38-35(26-17-9-4-10-18-26,27-19-11-5-12-20-27)28-21-13-6-14-22-28/h3-22,29-33H,23-24,36H2,1-2H3/t29-,30+,31-,32-,33+/m1/s1. The van der Waals surface area contributed by atoms with Crippen molar-refractivity contribution in [3.8, 4) is 0 Å². The molecule has 2 saturated heterocycles. The third kappa shape index (κ3) is 5.72. The van der Waals surface area contributed by atoms with Crippen molar-refractivity contribution in [1.29, 1.82) is 0 Å². The smallest absolute Gasteiger partial charge is 0.187 e. The molecule has 0 aliphatic carbocycles. The molecule has 6 rings (SSSR count). The highest BCUT2D eigenvalue weighted by molar-refractivity contribution is 5.47. The zero-order valence-electron chi connectivity index (χ0n) is 23.5.